The molecule has 4 aromatic rings. The molecule has 1 saturated heterocycles. The Morgan fingerprint density at radius 2 is 1.34 bits per heavy atom. The minimum absolute atomic E-state index is 0.0594. The average molecular weight is 968 g/mol. The number of hydrogen-bond acceptors (Lipinski definition) is 13. The maximum atomic E-state index is 14.1. The minimum atomic E-state index is -1.79. The number of benzene rings is 3. The molecular formula is C52H69N7O11. The van der Waals surface area contributed by atoms with Crippen molar-refractivity contribution in [1.82, 2.24) is 20.1 Å². The van der Waals surface area contributed by atoms with Gasteiger partial charge in [-0.2, -0.15) is 0 Å². The van der Waals surface area contributed by atoms with Crippen LogP contribution in [0.5, 0.6) is 0 Å². The first-order chi connectivity index (χ1) is 33.6. The zero-order valence-electron chi connectivity index (χ0n) is 40.3. The van der Waals surface area contributed by atoms with Crippen LogP contribution in [0.15, 0.2) is 84.9 Å². The monoisotopic (exact) mass is 968 g/mol. The van der Waals surface area contributed by atoms with Crippen LogP contribution in [0.1, 0.15) is 107 Å². The van der Waals surface area contributed by atoms with Crippen molar-refractivity contribution < 1.29 is 54.6 Å². The molecule has 1 aliphatic rings. The summed E-state index contributed by atoms with van der Waals surface area (Å²) in [6.45, 7) is 6.14. The van der Waals surface area contributed by atoms with Crippen LogP contribution >= 0.6 is 0 Å². The molecule has 18 nitrogen and oxygen atoms in total. The first-order valence-corrected chi connectivity index (χ1v) is 24.1. The van der Waals surface area contributed by atoms with Gasteiger partial charge in [-0.15, -0.1) is 0 Å². The molecule has 1 aliphatic heterocycles. The zero-order valence-corrected chi connectivity index (χ0v) is 40.3. The molecule has 9 N–H and O–H groups in total. The number of likely N-dealkylation sites (N-methyl/N-ethyl adjacent to an activating group) is 1. The van der Waals surface area contributed by atoms with Crippen LogP contribution in [0, 0.1) is 0 Å². The molecule has 70 heavy (non-hydrogen) atoms. The predicted octanol–water partition coefficient (Wildman–Crippen LogP) is 3.84. The van der Waals surface area contributed by atoms with Gasteiger partial charge in [-0.05, 0) is 110 Å². The van der Waals surface area contributed by atoms with Crippen molar-refractivity contribution in [3.05, 3.63) is 118 Å². The van der Waals surface area contributed by atoms with Gasteiger partial charge in [0, 0.05) is 75.6 Å². The molecule has 2 heterocycles. The van der Waals surface area contributed by atoms with Crippen molar-refractivity contribution in [3.63, 3.8) is 0 Å². The van der Waals surface area contributed by atoms with E-state index in [4.69, 9.17) is 15.2 Å². The highest BCUT2D eigenvalue weighted by molar-refractivity contribution is 6.11. The fraction of sp³-hybridized carbons (Fsp3) is 0.462. The number of carboxylic acid groups (broad SMARTS) is 1. The van der Waals surface area contributed by atoms with Crippen LogP contribution in [-0.2, 0) is 29.0 Å². The number of carboxylic acids is 1. The van der Waals surface area contributed by atoms with E-state index >= 15 is 0 Å². The molecule has 378 valence electrons. The highest BCUT2D eigenvalue weighted by atomic mass is 16.4. The molecule has 0 unspecified atom stereocenters. The molecule has 0 radical (unpaired) electrons. The lowest BCUT2D eigenvalue weighted by Gasteiger charge is -2.32. The van der Waals surface area contributed by atoms with E-state index in [-0.39, 0.29) is 36.2 Å². The number of rotatable bonds is 26. The van der Waals surface area contributed by atoms with Crippen molar-refractivity contribution in [2.45, 2.75) is 109 Å². The number of aromatic nitrogens is 1. The number of carbonyl (C=O) groups is 5. The number of aliphatic hydroxyl groups is 5. The largest absolute Gasteiger partial charge is 0.481 e. The second kappa shape index (κ2) is 27.2. The Morgan fingerprint density at radius 3 is 1.97 bits per heavy atom. The molecule has 3 aromatic carbocycles. The van der Waals surface area contributed by atoms with Gasteiger partial charge < -0.3 is 56.4 Å². The average Bonchev–Trinajstić information content (AvgIpc) is 3.38. The van der Waals surface area contributed by atoms with E-state index in [1.165, 1.54) is 0 Å². The summed E-state index contributed by atoms with van der Waals surface area (Å²) in [5, 5.41) is 65.8. The first kappa shape index (κ1) is 54.7. The SMILES string of the molecule is CCC(CC)N(CCN(C)C(=O)CCC(=O)O)Cc1cccc(C(=O)Nc2ccc(N3CCCCC3)nc2C(=O)Nc2ccc(CCc3ccc(C(=O)NC[C@H](O)[C@@H](O)[C@H](O)[C@H](O)CO)cc3)cc2)c1. The van der Waals surface area contributed by atoms with Crippen molar-refractivity contribution in [2.75, 3.05) is 61.9 Å². The Morgan fingerprint density at radius 1 is 0.700 bits per heavy atom. The smallest absolute Gasteiger partial charge is 0.303 e. The number of nitrogens with one attached hydrogen (secondary N) is 3. The van der Waals surface area contributed by atoms with Gasteiger partial charge in [0.2, 0.25) is 5.91 Å². The molecule has 4 amide bonds. The summed E-state index contributed by atoms with van der Waals surface area (Å²) in [5.74, 6) is -2.00. The summed E-state index contributed by atoms with van der Waals surface area (Å²) in [7, 11) is 1.68. The second-order valence-electron chi connectivity index (χ2n) is 17.8. The Labute approximate surface area is 409 Å². The summed E-state index contributed by atoms with van der Waals surface area (Å²) < 4.78 is 0. The summed E-state index contributed by atoms with van der Waals surface area (Å²) in [5.41, 5.74) is 4.43. The summed E-state index contributed by atoms with van der Waals surface area (Å²) >= 11 is 0. The van der Waals surface area contributed by atoms with Gasteiger partial charge in [-0.25, -0.2) is 4.98 Å². The van der Waals surface area contributed by atoms with Crippen LogP contribution in [0.4, 0.5) is 17.2 Å². The molecule has 4 atom stereocenters. The number of aliphatic hydroxyl groups excluding tert-OH is 5. The molecule has 0 spiro atoms. The van der Waals surface area contributed by atoms with Gasteiger partial charge in [0.05, 0.1) is 24.8 Å². The van der Waals surface area contributed by atoms with E-state index < -0.39 is 61.3 Å². The van der Waals surface area contributed by atoms with Crippen molar-refractivity contribution in [1.29, 1.82) is 0 Å². The maximum Gasteiger partial charge on any atom is 0.303 e. The molecule has 0 bridgehead atoms. The molecule has 18 heteroatoms. The Kier molecular flexibility index (Phi) is 21.2. The van der Waals surface area contributed by atoms with E-state index in [2.05, 4.69) is 39.6 Å². The molecule has 0 aliphatic carbocycles. The Bertz CT molecular complexity index is 2340. The lowest BCUT2D eigenvalue weighted by molar-refractivity contribution is -0.140. The van der Waals surface area contributed by atoms with Crippen LogP contribution in [0.2, 0.25) is 0 Å². The maximum absolute atomic E-state index is 14.1. The number of aliphatic carboxylic acids is 1. The summed E-state index contributed by atoms with van der Waals surface area (Å²) in [4.78, 5) is 75.0. The van der Waals surface area contributed by atoms with Gasteiger partial charge in [0.15, 0.2) is 5.69 Å². The number of carbonyl (C=O) groups excluding carboxylic acids is 4. The van der Waals surface area contributed by atoms with Crippen molar-refractivity contribution >= 4 is 46.8 Å². The third-order valence-electron chi connectivity index (χ3n) is 12.7. The van der Waals surface area contributed by atoms with E-state index in [0.29, 0.717) is 55.1 Å². The number of piperidine rings is 1. The molecule has 5 rings (SSSR count). The van der Waals surface area contributed by atoms with Gasteiger partial charge >= 0.3 is 5.97 Å². The summed E-state index contributed by atoms with van der Waals surface area (Å²) in [6.07, 6.45) is -0.874. The highest BCUT2D eigenvalue weighted by Crippen LogP contribution is 2.25. The van der Waals surface area contributed by atoms with Crippen molar-refractivity contribution in [3.8, 4) is 0 Å². The van der Waals surface area contributed by atoms with Crippen LogP contribution in [-0.4, -0.2) is 152 Å². The Hall–Kier alpha value is -6.28. The first-order valence-electron chi connectivity index (χ1n) is 24.1. The quantitative estimate of drug-likeness (QED) is 0.0433. The number of amides is 4. The standard InChI is InChI=1S/C52H69N7O11/c1-4-40(5-2)59(29-28-57(3)45(63)24-25-46(64)65)32-36-10-9-11-38(30-36)51(69)55-41-22-23-44(58-26-7-6-8-27-58)56-47(41)52(70)54-39-20-16-35(17-21-39)13-12-34-14-18-37(19-15-34)50(68)53-31-42(61)48(66)49(67)43(62)33-60/h9-11,14-23,30,40,42-43,48-49,60-62,66-67H,4-8,12-13,24-29,31-33H2,1-3H3,(H,53,68)(H,54,70)(H,55,69)(H,64,65)/t42-,43+,48+,49+/m0/s1. The third kappa shape index (κ3) is 16.1. The fourth-order valence-electron chi connectivity index (χ4n) is 8.31. The lowest BCUT2D eigenvalue weighted by atomic mass is 10.0. The lowest BCUT2D eigenvalue weighted by Crippen LogP contribution is -2.49. The van der Waals surface area contributed by atoms with E-state index in [9.17, 15) is 44.4 Å². The number of anilines is 3. The van der Waals surface area contributed by atoms with Gasteiger partial charge in [0.25, 0.3) is 17.7 Å². The molecule has 0 saturated carbocycles. The van der Waals surface area contributed by atoms with E-state index in [1.54, 1.807) is 60.5 Å². The third-order valence-corrected chi connectivity index (χ3v) is 12.7. The van der Waals surface area contributed by atoms with Crippen LogP contribution in [0.25, 0.3) is 0 Å². The predicted molar refractivity (Wildman–Crippen MR) is 266 cm³/mol. The fourth-order valence-corrected chi connectivity index (χ4v) is 8.31. The van der Waals surface area contributed by atoms with Gasteiger partial charge in [-0.1, -0.05) is 50.2 Å². The Balaban J connectivity index is 1.21. The second-order valence-corrected chi connectivity index (χ2v) is 17.8. The number of aryl methyl sites for hydroxylation is 2. The van der Waals surface area contributed by atoms with Gasteiger partial charge in [0.1, 0.15) is 24.1 Å². The number of pyridine rings is 1. The molecule has 1 fully saturated rings. The van der Waals surface area contributed by atoms with E-state index in [0.717, 1.165) is 61.9 Å². The van der Waals surface area contributed by atoms with E-state index in [1.807, 2.05) is 36.4 Å². The normalized spacial score (nSPS) is 14.4. The zero-order chi connectivity index (χ0) is 50.7. The number of hydrogen-bond donors (Lipinski definition) is 9. The van der Waals surface area contributed by atoms with Crippen LogP contribution in [0.3, 0.4) is 0 Å². The molecular weight excluding hydrogens is 899 g/mol. The highest BCUT2D eigenvalue weighted by Gasteiger charge is 2.30. The van der Waals surface area contributed by atoms with Gasteiger partial charge in [-0.3, -0.25) is 28.9 Å². The number of nitrogens with zero attached hydrogens (tertiary/aromatic N) is 4. The summed E-state index contributed by atoms with van der Waals surface area (Å²) in [6, 6.07) is 25.4. The van der Waals surface area contributed by atoms with Crippen LogP contribution < -0.4 is 20.9 Å². The van der Waals surface area contributed by atoms with Crippen molar-refractivity contribution in [2.24, 2.45) is 0 Å². The topological polar surface area (TPSA) is 265 Å². The minimum Gasteiger partial charge on any atom is -0.481 e. The molecule has 1 aromatic heterocycles.